The van der Waals surface area contributed by atoms with Gasteiger partial charge in [-0.25, -0.2) is 4.79 Å². The number of ether oxygens (including phenoxy) is 2. The molecule has 0 saturated heterocycles. The monoisotopic (exact) mass is 396 g/mol. The molecule has 0 aromatic carbocycles. The van der Waals surface area contributed by atoms with E-state index in [1.54, 1.807) is 13.8 Å². The number of hydrogen-bond donors (Lipinski definition) is 0. The number of rotatable bonds is 21. The van der Waals surface area contributed by atoms with Crippen LogP contribution < -0.4 is 0 Å². The Morgan fingerprint density at radius 2 is 1.04 bits per heavy atom. The highest BCUT2D eigenvalue weighted by Crippen LogP contribution is 2.13. The molecule has 0 aliphatic carbocycles. The SMILES string of the molecule is C=C(C)C(=O)OCCOCCCCCCCCCCCCCCCCC(C)=O. The Morgan fingerprint density at radius 3 is 1.46 bits per heavy atom. The molecule has 0 fully saturated rings. The Kier molecular flexibility index (Phi) is 19.7. The molecule has 0 aromatic heterocycles. The maximum atomic E-state index is 11.2. The van der Waals surface area contributed by atoms with Crippen LogP contribution in [0.5, 0.6) is 0 Å². The van der Waals surface area contributed by atoms with Gasteiger partial charge in [-0.15, -0.1) is 0 Å². The van der Waals surface area contributed by atoms with Gasteiger partial charge in [-0.3, -0.25) is 0 Å². The van der Waals surface area contributed by atoms with Crippen molar-refractivity contribution in [2.45, 2.75) is 110 Å². The zero-order chi connectivity index (χ0) is 20.9. The lowest BCUT2D eigenvalue weighted by Gasteiger charge is -2.06. The molecule has 4 nitrogen and oxygen atoms in total. The van der Waals surface area contributed by atoms with Gasteiger partial charge in [0.15, 0.2) is 0 Å². The topological polar surface area (TPSA) is 52.6 Å². The van der Waals surface area contributed by atoms with Crippen molar-refractivity contribution in [3.8, 4) is 0 Å². The van der Waals surface area contributed by atoms with Crippen molar-refractivity contribution in [2.75, 3.05) is 19.8 Å². The Balaban J connectivity index is 3.08. The van der Waals surface area contributed by atoms with Gasteiger partial charge in [-0.1, -0.05) is 83.6 Å². The highest BCUT2D eigenvalue weighted by molar-refractivity contribution is 5.86. The molecule has 28 heavy (non-hydrogen) atoms. The minimum atomic E-state index is -0.343. The molecule has 0 aromatic rings. The van der Waals surface area contributed by atoms with E-state index in [2.05, 4.69) is 6.58 Å². The van der Waals surface area contributed by atoms with Gasteiger partial charge in [-0.2, -0.15) is 0 Å². The summed E-state index contributed by atoms with van der Waals surface area (Å²) in [4.78, 5) is 22.0. The van der Waals surface area contributed by atoms with Crippen LogP contribution in [0.1, 0.15) is 110 Å². The van der Waals surface area contributed by atoms with Crippen molar-refractivity contribution in [1.82, 2.24) is 0 Å². The summed E-state index contributed by atoms with van der Waals surface area (Å²) in [6.07, 6.45) is 18.8. The van der Waals surface area contributed by atoms with E-state index >= 15 is 0 Å². The first-order valence-electron chi connectivity index (χ1n) is 11.4. The van der Waals surface area contributed by atoms with Crippen molar-refractivity contribution in [2.24, 2.45) is 0 Å². The predicted octanol–water partition coefficient (Wildman–Crippen LogP) is 6.56. The van der Waals surface area contributed by atoms with E-state index in [4.69, 9.17) is 9.47 Å². The lowest BCUT2D eigenvalue weighted by Crippen LogP contribution is -2.11. The van der Waals surface area contributed by atoms with Crippen LogP contribution in [0, 0.1) is 0 Å². The molecule has 0 saturated carbocycles. The standard InChI is InChI=1S/C24H44O4/c1-22(2)24(26)28-21-20-27-19-17-15-13-11-9-7-5-4-6-8-10-12-14-16-18-23(3)25/h1,4-21H2,2-3H3. The third-order valence-electron chi connectivity index (χ3n) is 4.88. The van der Waals surface area contributed by atoms with Crippen molar-refractivity contribution < 1.29 is 19.1 Å². The Hall–Kier alpha value is -1.16. The Morgan fingerprint density at radius 1 is 0.607 bits per heavy atom. The average Bonchev–Trinajstić information content (AvgIpc) is 2.65. The fraction of sp³-hybridized carbons (Fsp3) is 0.833. The molecule has 0 aliphatic rings. The lowest BCUT2D eigenvalue weighted by molar-refractivity contribution is -0.140. The fourth-order valence-electron chi connectivity index (χ4n) is 3.12. The maximum Gasteiger partial charge on any atom is 0.333 e. The number of carbonyl (C=O) groups excluding carboxylic acids is 2. The largest absolute Gasteiger partial charge is 0.460 e. The van der Waals surface area contributed by atoms with Crippen LogP contribution in [0.25, 0.3) is 0 Å². The van der Waals surface area contributed by atoms with Gasteiger partial charge in [0.25, 0.3) is 0 Å². The minimum absolute atomic E-state index is 0.311. The first-order chi connectivity index (χ1) is 13.5. The first kappa shape index (κ1) is 26.8. The average molecular weight is 397 g/mol. The second-order valence-corrected chi connectivity index (χ2v) is 7.93. The van der Waals surface area contributed by atoms with Gasteiger partial charge in [0.05, 0.1) is 6.61 Å². The summed E-state index contributed by atoms with van der Waals surface area (Å²) in [5, 5.41) is 0. The molecule has 0 bridgehead atoms. The summed E-state index contributed by atoms with van der Waals surface area (Å²) >= 11 is 0. The van der Waals surface area contributed by atoms with Crippen LogP contribution in [0.3, 0.4) is 0 Å². The van der Waals surface area contributed by atoms with E-state index in [1.165, 1.54) is 77.0 Å². The van der Waals surface area contributed by atoms with Crippen LogP contribution in [0.4, 0.5) is 0 Å². The number of ketones is 1. The molecule has 0 amide bonds. The summed E-state index contributed by atoms with van der Waals surface area (Å²) < 4.78 is 10.4. The van der Waals surface area contributed by atoms with E-state index < -0.39 is 0 Å². The highest BCUT2D eigenvalue weighted by Gasteiger charge is 2.01. The van der Waals surface area contributed by atoms with E-state index in [-0.39, 0.29) is 5.97 Å². The molecule has 0 atom stereocenters. The second kappa shape index (κ2) is 20.6. The second-order valence-electron chi connectivity index (χ2n) is 7.93. The van der Waals surface area contributed by atoms with Gasteiger partial charge in [-0.05, 0) is 26.7 Å². The van der Waals surface area contributed by atoms with Crippen LogP contribution in [-0.4, -0.2) is 31.6 Å². The van der Waals surface area contributed by atoms with Gasteiger partial charge in [0, 0.05) is 18.6 Å². The van der Waals surface area contributed by atoms with Gasteiger partial charge in [0.2, 0.25) is 0 Å². The zero-order valence-electron chi connectivity index (χ0n) is 18.6. The Bertz CT molecular complexity index is 403. The number of hydrogen-bond acceptors (Lipinski definition) is 4. The maximum absolute atomic E-state index is 11.2. The molecular weight excluding hydrogens is 352 g/mol. The summed E-state index contributed by atoms with van der Waals surface area (Å²) in [7, 11) is 0. The van der Waals surface area contributed by atoms with Crippen LogP contribution >= 0.6 is 0 Å². The molecule has 0 heterocycles. The third-order valence-corrected chi connectivity index (χ3v) is 4.88. The number of esters is 1. The number of unbranched alkanes of at least 4 members (excludes halogenated alkanes) is 13. The molecule has 164 valence electrons. The van der Waals surface area contributed by atoms with Crippen molar-refractivity contribution in [3.63, 3.8) is 0 Å². The molecule has 0 rings (SSSR count). The van der Waals surface area contributed by atoms with E-state index in [9.17, 15) is 9.59 Å². The summed E-state index contributed by atoms with van der Waals surface area (Å²) in [6, 6.07) is 0. The van der Waals surface area contributed by atoms with Crippen molar-refractivity contribution >= 4 is 11.8 Å². The normalized spacial score (nSPS) is 10.8. The number of carbonyl (C=O) groups is 2. The summed E-state index contributed by atoms with van der Waals surface area (Å²) in [5.41, 5.74) is 0.428. The molecule has 0 N–H and O–H groups in total. The summed E-state index contributed by atoms with van der Waals surface area (Å²) in [6.45, 7) is 8.39. The fourth-order valence-corrected chi connectivity index (χ4v) is 3.12. The van der Waals surface area contributed by atoms with E-state index in [0.717, 1.165) is 25.9 Å². The number of Topliss-reactive ketones (excluding diaryl/α,β-unsaturated/α-hetero) is 1. The lowest BCUT2D eigenvalue weighted by atomic mass is 10.0. The molecule has 4 heteroatoms. The summed E-state index contributed by atoms with van der Waals surface area (Å²) in [5.74, 6) is -0.0168. The third kappa shape index (κ3) is 21.1. The van der Waals surface area contributed by atoms with Crippen LogP contribution in [0.2, 0.25) is 0 Å². The van der Waals surface area contributed by atoms with Crippen LogP contribution in [-0.2, 0) is 19.1 Å². The van der Waals surface area contributed by atoms with Crippen LogP contribution in [0.15, 0.2) is 12.2 Å². The van der Waals surface area contributed by atoms with E-state index in [0.29, 0.717) is 24.6 Å². The van der Waals surface area contributed by atoms with Crippen molar-refractivity contribution in [3.05, 3.63) is 12.2 Å². The molecular formula is C24H44O4. The first-order valence-corrected chi connectivity index (χ1v) is 11.4. The van der Waals surface area contributed by atoms with Gasteiger partial charge < -0.3 is 14.3 Å². The molecule has 0 spiro atoms. The van der Waals surface area contributed by atoms with Gasteiger partial charge >= 0.3 is 5.97 Å². The van der Waals surface area contributed by atoms with E-state index in [1.807, 2.05) is 0 Å². The molecule has 0 aliphatic heterocycles. The smallest absolute Gasteiger partial charge is 0.333 e. The Labute approximate surface area is 173 Å². The van der Waals surface area contributed by atoms with Gasteiger partial charge in [0.1, 0.15) is 12.4 Å². The van der Waals surface area contributed by atoms with Crippen molar-refractivity contribution in [1.29, 1.82) is 0 Å². The highest BCUT2D eigenvalue weighted by atomic mass is 16.6. The minimum Gasteiger partial charge on any atom is -0.460 e. The molecule has 0 radical (unpaired) electrons. The quantitative estimate of drug-likeness (QED) is 0.125. The zero-order valence-corrected chi connectivity index (χ0v) is 18.6. The molecule has 0 unspecified atom stereocenters. The predicted molar refractivity (Wildman–Crippen MR) is 117 cm³/mol.